The van der Waals surface area contributed by atoms with Gasteiger partial charge in [-0.1, -0.05) is 59.9 Å². The van der Waals surface area contributed by atoms with Crippen LogP contribution in [0.1, 0.15) is 45.2 Å². The molecule has 0 aliphatic carbocycles. The molecular formula is C23H27Cl3N2O2. The zero-order valence-corrected chi connectivity index (χ0v) is 19.9. The first-order valence-electron chi connectivity index (χ1n) is 9.80. The summed E-state index contributed by atoms with van der Waals surface area (Å²) in [5.74, 6) is -0.423. The van der Waals surface area contributed by atoms with Gasteiger partial charge in [0, 0.05) is 27.2 Å². The number of nitrogens with zero attached hydrogens (tertiary/aromatic N) is 1. The lowest BCUT2D eigenvalue weighted by Gasteiger charge is -2.33. The summed E-state index contributed by atoms with van der Waals surface area (Å²) in [5, 5.41) is 4.44. The molecule has 1 N–H and O–H groups in total. The minimum Gasteiger partial charge on any atom is -0.350 e. The van der Waals surface area contributed by atoms with Crippen LogP contribution < -0.4 is 5.32 Å². The van der Waals surface area contributed by atoms with E-state index in [-0.39, 0.29) is 24.8 Å². The van der Waals surface area contributed by atoms with E-state index in [9.17, 15) is 9.59 Å². The summed E-state index contributed by atoms with van der Waals surface area (Å²) in [6.45, 7) is 7.89. The van der Waals surface area contributed by atoms with E-state index < -0.39 is 11.6 Å². The van der Waals surface area contributed by atoms with E-state index in [0.717, 1.165) is 5.56 Å². The molecule has 0 radical (unpaired) electrons. The Morgan fingerprint density at radius 3 is 2.07 bits per heavy atom. The standard InChI is InChI=1S/C23H27Cl3N2O2/c1-5-20(22(30)27-23(2,3)4)28(14-15-9-11-16(24)12-10-15)21(29)13-17-18(25)7-6-8-19(17)26/h6-12,20H,5,13-14H2,1-4H3,(H,27,30)/t20-/m0/s1. The number of rotatable bonds is 7. The Labute approximate surface area is 193 Å². The van der Waals surface area contributed by atoms with Gasteiger partial charge in [-0.3, -0.25) is 9.59 Å². The van der Waals surface area contributed by atoms with Crippen molar-refractivity contribution in [1.29, 1.82) is 0 Å². The molecule has 1 atom stereocenters. The Morgan fingerprint density at radius 1 is 1.00 bits per heavy atom. The SMILES string of the molecule is CC[C@@H](C(=O)NC(C)(C)C)N(Cc1ccc(Cl)cc1)C(=O)Cc1c(Cl)cccc1Cl. The first kappa shape index (κ1) is 24.5. The van der Waals surface area contributed by atoms with Crippen LogP contribution in [0.25, 0.3) is 0 Å². The Balaban J connectivity index is 2.36. The lowest BCUT2D eigenvalue weighted by atomic mass is 10.0. The van der Waals surface area contributed by atoms with Crippen LogP contribution in [-0.4, -0.2) is 28.3 Å². The van der Waals surface area contributed by atoms with Crippen molar-refractivity contribution >= 4 is 46.6 Å². The van der Waals surface area contributed by atoms with Crippen LogP contribution in [0, 0.1) is 0 Å². The molecule has 7 heteroatoms. The van der Waals surface area contributed by atoms with E-state index in [1.807, 2.05) is 39.8 Å². The fourth-order valence-electron chi connectivity index (χ4n) is 3.11. The second kappa shape index (κ2) is 10.5. The first-order chi connectivity index (χ1) is 14.0. The minimum absolute atomic E-state index is 0.00535. The summed E-state index contributed by atoms with van der Waals surface area (Å²) >= 11 is 18.5. The maximum Gasteiger partial charge on any atom is 0.243 e. The molecule has 2 aromatic carbocycles. The monoisotopic (exact) mass is 468 g/mol. The van der Waals surface area contributed by atoms with E-state index in [0.29, 0.717) is 27.1 Å². The summed E-state index contributed by atoms with van der Waals surface area (Å²) in [6, 6.07) is 11.7. The zero-order chi connectivity index (χ0) is 22.5. The Bertz CT molecular complexity index is 872. The van der Waals surface area contributed by atoms with Gasteiger partial charge in [-0.05, 0) is 62.6 Å². The number of amides is 2. The van der Waals surface area contributed by atoms with Gasteiger partial charge in [-0.2, -0.15) is 0 Å². The molecule has 0 saturated carbocycles. The summed E-state index contributed by atoms with van der Waals surface area (Å²) in [5.41, 5.74) is 1.02. The van der Waals surface area contributed by atoms with Gasteiger partial charge in [-0.15, -0.1) is 0 Å². The molecule has 2 aromatic rings. The summed E-state index contributed by atoms with van der Waals surface area (Å²) in [4.78, 5) is 27.9. The fraction of sp³-hybridized carbons (Fsp3) is 0.391. The van der Waals surface area contributed by atoms with E-state index >= 15 is 0 Å². The van der Waals surface area contributed by atoms with Crippen LogP contribution >= 0.6 is 34.8 Å². The van der Waals surface area contributed by atoms with Gasteiger partial charge in [0.1, 0.15) is 6.04 Å². The Morgan fingerprint density at radius 2 is 1.57 bits per heavy atom. The average molecular weight is 470 g/mol. The highest BCUT2D eigenvalue weighted by Gasteiger charge is 2.31. The normalized spacial score (nSPS) is 12.4. The van der Waals surface area contributed by atoms with Crippen molar-refractivity contribution in [2.45, 2.75) is 58.7 Å². The van der Waals surface area contributed by atoms with Crippen molar-refractivity contribution < 1.29 is 9.59 Å². The average Bonchev–Trinajstić information content (AvgIpc) is 2.64. The van der Waals surface area contributed by atoms with E-state index in [1.165, 1.54) is 0 Å². The molecule has 0 fully saturated rings. The predicted octanol–water partition coefficient (Wildman–Crippen LogP) is 5.91. The van der Waals surface area contributed by atoms with E-state index in [4.69, 9.17) is 34.8 Å². The molecule has 0 bridgehead atoms. The van der Waals surface area contributed by atoms with Crippen LogP contribution in [-0.2, 0) is 22.6 Å². The third-order valence-corrected chi connectivity index (χ3v) is 5.50. The van der Waals surface area contributed by atoms with Crippen molar-refractivity contribution in [3.8, 4) is 0 Å². The van der Waals surface area contributed by atoms with Crippen LogP contribution in [0.15, 0.2) is 42.5 Å². The summed E-state index contributed by atoms with van der Waals surface area (Å²) in [7, 11) is 0. The predicted molar refractivity (Wildman–Crippen MR) is 124 cm³/mol. The van der Waals surface area contributed by atoms with Crippen LogP contribution in [0.2, 0.25) is 15.1 Å². The smallest absolute Gasteiger partial charge is 0.243 e. The molecule has 2 amide bonds. The molecule has 0 saturated heterocycles. The van der Waals surface area contributed by atoms with Crippen molar-refractivity contribution in [2.24, 2.45) is 0 Å². The third kappa shape index (κ3) is 6.90. The summed E-state index contributed by atoms with van der Waals surface area (Å²) in [6.07, 6.45) is 0.475. The number of benzene rings is 2. The molecule has 2 rings (SSSR count). The molecule has 0 aliphatic heterocycles. The highest BCUT2D eigenvalue weighted by molar-refractivity contribution is 6.36. The van der Waals surface area contributed by atoms with Crippen molar-refractivity contribution in [3.63, 3.8) is 0 Å². The fourth-order valence-corrected chi connectivity index (χ4v) is 3.77. The van der Waals surface area contributed by atoms with E-state index in [2.05, 4.69) is 5.32 Å². The maximum atomic E-state index is 13.4. The summed E-state index contributed by atoms with van der Waals surface area (Å²) < 4.78 is 0. The van der Waals surface area contributed by atoms with Crippen molar-refractivity contribution in [2.75, 3.05) is 0 Å². The molecule has 0 aliphatic rings. The van der Waals surface area contributed by atoms with Gasteiger partial charge in [0.25, 0.3) is 0 Å². The quantitative estimate of drug-likeness (QED) is 0.548. The number of carbonyl (C=O) groups excluding carboxylic acids is 2. The van der Waals surface area contributed by atoms with Gasteiger partial charge in [0.2, 0.25) is 11.8 Å². The first-order valence-corrected chi connectivity index (χ1v) is 10.9. The van der Waals surface area contributed by atoms with Crippen molar-refractivity contribution in [3.05, 3.63) is 68.7 Å². The number of halogens is 3. The lowest BCUT2D eigenvalue weighted by molar-refractivity contribution is -0.141. The van der Waals surface area contributed by atoms with Gasteiger partial charge in [-0.25, -0.2) is 0 Å². The zero-order valence-electron chi connectivity index (χ0n) is 17.6. The number of hydrogen-bond donors (Lipinski definition) is 1. The van der Waals surface area contributed by atoms with Gasteiger partial charge < -0.3 is 10.2 Å². The number of nitrogens with one attached hydrogen (secondary N) is 1. The molecule has 162 valence electrons. The molecule has 0 heterocycles. The number of carbonyl (C=O) groups is 2. The molecule has 0 unspecified atom stereocenters. The van der Waals surface area contributed by atoms with Crippen LogP contribution in [0.5, 0.6) is 0 Å². The minimum atomic E-state index is -0.631. The second-order valence-corrected chi connectivity index (χ2v) is 9.44. The van der Waals surface area contributed by atoms with Gasteiger partial charge in [0.05, 0.1) is 6.42 Å². The third-order valence-electron chi connectivity index (χ3n) is 4.54. The highest BCUT2D eigenvalue weighted by atomic mass is 35.5. The largest absolute Gasteiger partial charge is 0.350 e. The van der Waals surface area contributed by atoms with Crippen LogP contribution in [0.4, 0.5) is 0 Å². The van der Waals surface area contributed by atoms with Crippen molar-refractivity contribution in [1.82, 2.24) is 10.2 Å². The van der Waals surface area contributed by atoms with E-state index in [1.54, 1.807) is 35.2 Å². The maximum absolute atomic E-state index is 13.4. The number of hydrogen-bond acceptors (Lipinski definition) is 2. The molecular weight excluding hydrogens is 443 g/mol. The molecule has 4 nitrogen and oxygen atoms in total. The molecule has 0 spiro atoms. The highest BCUT2D eigenvalue weighted by Crippen LogP contribution is 2.26. The lowest BCUT2D eigenvalue weighted by Crippen LogP contribution is -2.53. The topological polar surface area (TPSA) is 49.4 Å². The van der Waals surface area contributed by atoms with Gasteiger partial charge in [0.15, 0.2) is 0 Å². The molecule has 0 aromatic heterocycles. The Kier molecular flexibility index (Phi) is 8.60. The second-order valence-electron chi connectivity index (χ2n) is 8.19. The Hall–Kier alpha value is -1.75. The van der Waals surface area contributed by atoms with Crippen LogP contribution in [0.3, 0.4) is 0 Å². The van der Waals surface area contributed by atoms with Gasteiger partial charge >= 0.3 is 0 Å². The molecule has 30 heavy (non-hydrogen) atoms.